The fraction of sp³-hybridized carbons (Fsp3) is 0.333. The van der Waals surface area contributed by atoms with Crippen LogP contribution in [0.2, 0.25) is 0 Å². The van der Waals surface area contributed by atoms with Crippen LogP contribution in [-0.2, 0) is 17.7 Å². The topological polar surface area (TPSA) is 65.0 Å². The number of H-pyrrole nitrogens is 1. The Bertz CT molecular complexity index is 1150. The molecule has 2 aromatic heterocycles. The predicted octanol–water partition coefficient (Wildman–Crippen LogP) is 4.95. The zero-order chi connectivity index (χ0) is 21.0. The fourth-order valence-corrected chi connectivity index (χ4v) is 5.00. The zero-order valence-corrected chi connectivity index (χ0v) is 18.4. The quantitative estimate of drug-likeness (QED) is 0.398. The lowest BCUT2D eigenvalue weighted by molar-refractivity contribution is 0.0953. The molecule has 31 heavy (non-hydrogen) atoms. The van der Waals surface area contributed by atoms with E-state index in [0.29, 0.717) is 0 Å². The van der Waals surface area contributed by atoms with Crippen molar-refractivity contribution in [2.24, 2.45) is 0 Å². The third-order valence-electron chi connectivity index (χ3n) is 5.74. The summed E-state index contributed by atoms with van der Waals surface area (Å²) < 4.78 is 13.4. The Morgan fingerprint density at radius 1 is 1.16 bits per heavy atom. The number of aromatic amines is 1. The average Bonchev–Trinajstić information content (AvgIpc) is 3.55. The first-order valence-corrected chi connectivity index (χ1v) is 11.7. The van der Waals surface area contributed by atoms with E-state index in [0.717, 1.165) is 66.0 Å². The van der Waals surface area contributed by atoms with E-state index in [1.807, 2.05) is 24.4 Å². The van der Waals surface area contributed by atoms with Crippen molar-refractivity contribution < 1.29 is 9.47 Å². The minimum absolute atomic E-state index is 0.223. The summed E-state index contributed by atoms with van der Waals surface area (Å²) in [5, 5.41) is 11.3. The molecule has 7 heteroatoms. The van der Waals surface area contributed by atoms with Crippen molar-refractivity contribution in [2.45, 2.75) is 37.1 Å². The van der Waals surface area contributed by atoms with Gasteiger partial charge in [0, 0.05) is 35.0 Å². The number of methoxy groups -OCH3 is 1. The van der Waals surface area contributed by atoms with E-state index in [9.17, 15) is 0 Å². The SMILES string of the molecule is COc1ccc(CCSc2nnc(-c3c[nH]c4ccccc34)n2CC2CCCO2)cc1. The van der Waals surface area contributed by atoms with Gasteiger partial charge in [0.05, 0.1) is 19.8 Å². The summed E-state index contributed by atoms with van der Waals surface area (Å²) in [5.74, 6) is 2.72. The standard InChI is InChI=1S/C24H26N4O2S/c1-29-18-10-8-17(9-11-18)12-14-31-24-27-26-23(28(24)16-19-5-4-13-30-19)21-15-25-22-7-3-2-6-20(21)22/h2-3,6-11,15,19,25H,4-5,12-14,16H2,1H3. The van der Waals surface area contributed by atoms with Crippen LogP contribution in [0.4, 0.5) is 0 Å². The molecule has 1 atom stereocenters. The van der Waals surface area contributed by atoms with Crippen LogP contribution < -0.4 is 4.74 Å². The molecule has 0 amide bonds. The monoisotopic (exact) mass is 434 g/mol. The Labute approximate surface area is 186 Å². The molecular formula is C24H26N4O2S. The Kier molecular flexibility index (Phi) is 5.95. The van der Waals surface area contributed by atoms with Crippen molar-refractivity contribution >= 4 is 22.7 Å². The molecular weight excluding hydrogens is 408 g/mol. The zero-order valence-electron chi connectivity index (χ0n) is 17.6. The van der Waals surface area contributed by atoms with Gasteiger partial charge in [-0.25, -0.2) is 0 Å². The van der Waals surface area contributed by atoms with Crippen LogP contribution in [0.5, 0.6) is 5.75 Å². The van der Waals surface area contributed by atoms with Crippen molar-refractivity contribution in [1.29, 1.82) is 0 Å². The largest absolute Gasteiger partial charge is 0.497 e. The molecule has 5 rings (SSSR count). The normalized spacial score (nSPS) is 16.2. The molecule has 4 aromatic rings. The number of ether oxygens (including phenoxy) is 2. The number of aryl methyl sites for hydroxylation is 1. The van der Waals surface area contributed by atoms with Crippen molar-refractivity contribution in [3.63, 3.8) is 0 Å². The van der Waals surface area contributed by atoms with E-state index in [4.69, 9.17) is 9.47 Å². The van der Waals surface area contributed by atoms with Gasteiger partial charge in [-0.2, -0.15) is 0 Å². The van der Waals surface area contributed by atoms with Gasteiger partial charge in [-0.15, -0.1) is 10.2 Å². The smallest absolute Gasteiger partial charge is 0.191 e. The highest BCUT2D eigenvalue weighted by Crippen LogP contribution is 2.31. The maximum absolute atomic E-state index is 5.93. The van der Waals surface area contributed by atoms with Crippen molar-refractivity contribution in [3.05, 3.63) is 60.3 Å². The molecule has 0 saturated carbocycles. The first-order valence-electron chi connectivity index (χ1n) is 10.7. The number of nitrogens with zero attached hydrogens (tertiary/aromatic N) is 3. The first kappa shape index (κ1) is 20.2. The number of thioether (sulfide) groups is 1. The van der Waals surface area contributed by atoms with E-state index in [2.05, 4.69) is 50.1 Å². The maximum Gasteiger partial charge on any atom is 0.191 e. The van der Waals surface area contributed by atoms with Crippen LogP contribution in [0.3, 0.4) is 0 Å². The summed E-state index contributed by atoms with van der Waals surface area (Å²) in [6, 6.07) is 16.6. The Hall–Kier alpha value is -2.77. The number of nitrogens with one attached hydrogen (secondary N) is 1. The number of benzene rings is 2. The first-order chi connectivity index (χ1) is 15.3. The third-order valence-corrected chi connectivity index (χ3v) is 6.71. The molecule has 1 saturated heterocycles. The number of hydrogen-bond acceptors (Lipinski definition) is 5. The number of fused-ring (bicyclic) bond motifs is 1. The van der Waals surface area contributed by atoms with E-state index >= 15 is 0 Å². The lowest BCUT2D eigenvalue weighted by Gasteiger charge is -2.14. The maximum atomic E-state index is 5.93. The molecule has 0 aliphatic carbocycles. The third kappa shape index (κ3) is 4.34. The van der Waals surface area contributed by atoms with Gasteiger partial charge in [0.2, 0.25) is 0 Å². The summed E-state index contributed by atoms with van der Waals surface area (Å²) >= 11 is 1.75. The minimum atomic E-state index is 0.223. The second-order valence-corrected chi connectivity index (χ2v) is 8.81. The van der Waals surface area contributed by atoms with Crippen LogP contribution in [0.15, 0.2) is 59.9 Å². The van der Waals surface area contributed by atoms with Crippen molar-refractivity contribution in [3.8, 4) is 17.1 Å². The van der Waals surface area contributed by atoms with E-state index in [1.165, 1.54) is 10.9 Å². The summed E-state index contributed by atoms with van der Waals surface area (Å²) in [5.41, 5.74) is 3.48. The van der Waals surface area contributed by atoms with Crippen LogP contribution in [0.1, 0.15) is 18.4 Å². The Morgan fingerprint density at radius 2 is 2.03 bits per heavy atom. The molecule has 2 aromatic carbocycles. The van der Waals surface area contributed by atoms with Gasteiger partial charge >= 0.3 is 0 Å². The predicted molar refractivity (Wildman–Crippen MR) is 124 cm³/mol. The molecule has 6 nitrogen and oxygen atoms in total. The van der Waals surface area contributed by atoms with E-state index in [-0.39, 0.29) is 6.10 Å². The molecule has 1 aliphatic rings. The highest BCUT2D eigenvalue weighted by molar-refractivity contribution is 7.99. The Balaban J connectivity index is 1.38. The second kappa shape index (κ2) is 9.16. The van der Waals surface area contributed by atoms with Gasteiger partial charge in [-0.1, -0.05) is 42.1 Å². The van der Waals surface area contributed by atoms with Gasteiger partial charge in [-0.05, 0) is 43.0 Å². The molecule has 0 bridgehead atoms. The molecule has 160 valence electrons. The van der Waals surface area contributed by atoms with E-state index < -0.39 is 0 Å². The summed E-state index contributed by atoms with van der Waals surface area (Å²) in [4.78, 5) is 3.36. The Morgan fingerprint density at radius 3 is 2.84 bits per heavy atom. The van der Waals surface area contributed by atoms with Crippen LogP contribution in [0.25, 0.3) is 22.3 Å². The number of rotatable bonds is 8. The fourth-order valence-electron chi connectivity index (χ4n) is 4.06. The molecule has 1 unspecified atom stereocenters. The summed E-state index contributed by atoms with van der Waals surface area (Å²) in [6.45, 7) is 1.63. The van der Waals surface area contributed by atoms with E-state index in [1.54, 1.807) is 18.9 Å². The highest BCUT2D eigenvalue weighted by Gasteiger charge is 2.23. The van der Waals surface area contributed by atoms with Crippen molar-refractivity contribution in [1.82, 2.24) is 19.7 Å². The van der Waals surface area contributed by atoms with Crippen LogP contribution in [0, 0.1) is 0 Å². The molecule has 0 spiro atoms. The lowest BCUT2D eigenvalue weighted by Crippen LogP contribution is -2.16. The number of para-hydroxylation sites is 1. The minimum Gasteiger partial charge on any atom is -0.497 e. The van der Waals surface area contributed by atoms with Gasteiger partial charge in [0.25, 0.3) is 0 Å². The molecule has 1 N–H and O–H groups in total. The summed E-state index contributed by atoms with van der Waals surface area (Å²) in [6.07, 6.45) is 5.42. The molecule has 0 radical (unpaired) electrons. The number of hydrogen-bond donors (Lipinski definition) is 1. The molecule has 1 fully saturated rings. The lowest BCUT2D eigenvalue weighted by atomic mass is 10.1. The number of aromatic nitrogens is 4. The van der Waals surface area contributed by atoms with Gasteiger partial charge in [0.1, 0.15) is 5.75 Å². The van der Waals surface area contributed by atoms with Crippen LogP contribution >= 0.6 is 11.8 Å². The molecule has 3 heterocycles. The second-order valence-electron chi connectivity index (χ2n) is 7.75. The van der Waals surface area contributed by atoms with Gasteiger partial charge in [-0.3, -0.25) is 4.57 Å². The molecule has 1 aliphatic heterocycles. The van der Waals surface area contributed by atoms with Crippen molar-refractivity contribution in [2.75, 3.05) is 19.5 Å². The highest BCUT2D eigenvalue weighted by atomic mass is 32.2. The average molecular weight is 435 g/mol. The van der Waals surface area contributed by atoms with Crippen LogP contribution in [-0.4, -0.2) is 45.3 Å². The summed E-state index contributed by atoms with van der Waals surface area (Å²) in [7, 11) is 1.69. The van der Waals surface area contributed by atoms with Gasteiger partial charge < -0.3 is 14.5 Å². The van der Waals surface area contributed by atoms with Gasteiger partial charge in [0.15, 0.2) is 11.0 Å².